The van der Waals surface area contributed by atoms with Gasteiger partial charge in [-0.25, -0.2) is 0 Å². The van der Waals surface area contributed by atoms with Crippen LogP contribution in [0.1, 0.15) is 72.6 Å². The van der Waals surface area contributed by atoms with Crippen molar-refractivity contribution in [3.8, 4) is 0 Å². The molecular weight excluding hydrogens is 384 g/mol. The van der Waals surface area contributed by atoms with E-state index in [1.807, 2.05) is 0 Å². The van der Waals surface area contributed by atoms with E-state index in [-0.39, 0.29) is 0 Å². The van der Waals surface area contributed by atoms with E-state index in [0.29, 0.717) is 19.3 Å². The maximum atomic E-state index is 10.1. The molecule has 0 aromatic heterocycles. The number of hydrogen-bond acceptors (Lipinski definition) is 3. The Morgan fingerprint density at radius 2 is 1.32 bits per heavy atom. The molecule has 0 fully saturated rings. The molecule has 1 rings (SSSR count). The Labute approximate surface area is 186 Å². The van der Waals surface area contributed by atoms with Crippen LogP contribution < -0.4 is 15.3 Å². The molecule has 0 bridgehead atoms. The van der Waals surface area contributed by atoms with Crippen molar-refractivity contribution in [2.75, 3.05) is 0 Å². The predicted octanol–water partition coefficient (Wildman–Crippen LogP) is 3.87. The second-order valence-electron chi connectivity index (χ2n) is 6.72. The molecule has 0 aliphatic heterocycles. The fourth-order valence-electron chi connectivity index (χ4n) is 1.86. The van der Waals surface area contributed by atoms with Crippen molar-refractivity contribution in [2.45, 2.75) is 91.0 Å². The third-order valence-electron chi connectivity index (χ3n) is 3.32. The van der Waals surface area contributed by atoms with Crippen LogP contribution in [0.15, 0.2) is 59.6 Å². The van der Waals surface area contributed by atoms with E-state index in [9.17, 15) is 15.3 Å². The number of allylic oxidation sites excluding steroid dienone is 4. The van der Waals surface area contributed by atoms with Gasteiger partial charge in [0.15, 0.2) is 0 Å². The van der Waals surface area contributed by atoms with Gasteiger partial charge in [0.25, 0.3) is 0 Å². The molecule has 3 unspecified atom stereocenters. The quantitative estimate of drug-likeness (QED) is 0.417. The first-order valence-corrected chi connectivity index (χ1v) is 10.8. The monoisotopic (exact) mass is 424 g/mol. The summed E-state index contributed by atoms with van der Waals surface area (Å²) in [6.45, 7) is 17.3. The molecule has 1 aliphatic carbocycles. The SMILES string of the molecule is C=CCC(C)[O-].C=CCC(C)[O-].C=CCC(C)[O-].CCCCC1=[C]([Ti+3])CC=C1. The summed E-state index contributed by atoms with van der Waals surface area (Å²) in [6, 6.07) is 0. The molecule has 158 valence electrons. The Balaban J connectivity index is -0.000000309. The summed E-state index contributed by atoms with van der Waals surface area (Å²) in [7, 11) is 0. The van der Waals surface area contributed by atoms with Crippen molar-refractivity contribution >= 4 is 0 Å². The molecule has 0 N–H and O–H groups in total. The van der Waals surface area contributed by atoms with Crippen molar-refractivity contribution in [3.05, 3.63) is 59.6 Å². The molecular formula is C24H40O3Ti. The summed E-state index contributed by atoms with van der Waals surface area (Å²) in [4.78, 5) is 0. The van der Waals surface area contributed by atoms with Gasteiger partial charge in [-0.05, 0) is 19.3 Å². The Hall–Kier alpha value is -0.706. The Kier molecular flexibility index (Phi) is 27.8. The molecule has 3 nitrogen and oxygen atoms in total. The standard InChI is InChI=1S/C9H13.3C5H9O.Ti/c1-2-3-6-9-7-4-5-8-9;3*1-3-4-5(2)6;/h4,7H,2-3,5-6H2,1H3;3*3,5H,1,4H2,2H3;/q;3*-1;+3. The average Bonchev–Trinajstić information content (AvgIpc) is 2.99. The molecule has 0 radical (unpaired) electrons. The first-order chi connectivity index (χ1) is 13.2. The number of unbranched alkanes of at least 4 members (excludes halogenated alkanes) is 1. The van der Waals surface area contributed by atoms with Crippen molar-refractivity contribution in [1.29, 1.82) is 0 Å². The van der Waals surface area contributed by atoms with Crippen LogP contribution in [0.25, 0.3) is 0 Å². The first kappa shape index (κ1) is 32.0. The van der Waals surface area contributed by atoms with Crippen LogP contribution in [0.5, 0.6) is 0 Å². The van der Waals surface area contributed by atoms with Crippen molar-refractivity contribution in [3.63, 3.8) is 0 Å². The van der Waals surface area contributed by atoms with E-state index in [2.05, 4.69) is 59.2 Å². The zero-order valence-corrected chi connectivity index (χ0v) is 20.0. The maximum absolute atomic E-state index is 10.1. The molecule has 0 aromatic carbocycles. The molecule has 0 aromatic rings. The summed E-state index contributed by atoms with van der Waals surface area (Å²) in [5.41, 5.74) is 1.59. The summed E-state index contributed by atoms with van der Waals surface area (Å²) in [5.74, 6) is 0. The first-order valence-electron chi connectivity index (χ1n) is 10.1. The zero-order valence-electron chi connectivity index (χ0n) is 18.4. The minimum absolute atomic E-state index is 0.470. The van der Waals surface area contributed by atoms with E-state index in [4.69, 9.17) is 0 Å². The molecule has 3 atom stereocenters. The fraction of sp³-hybridized carbons (Fsp3) is 0.583. The van der Waals surface area contributed by atoms with Crippen molar-refractivity contribution in [1.82, 2.24) is 0 Å². The zero-order chi connectivity index (χ0) is 22.4. The number of rotatable bonds is 9. The molecule has 0 amide bonds. The van der Waals surface area contributed by atoms with Crippen molar-refractivity contribution < 1.29 is 35.8 Å². The van der Waals surface area contributed by atoms with E-state index in [1.54, 1.807) is 48.5 Å². The van der Waals surface area contributed by atoms with Crippen LogP contribution in [0.2, 0.25) is 0 Å². The second kappa shape index (κ2) is 24.3. The number of hydrogen-bond donors (Lipinski definition) is 0. The van der Waals surface area contributed by atoms with Gasteiger partial charge in [0, 0.05) is 0 Å². The van der Waals surface area contributed by atoms with Gasteiger partial charge in [0.1, 0.15) is 0 Å². The minimum atomic E-state index is -0.470. The van der Waals surface area contributed by atoms with E-state index in [0.717, 1.165) is 0 Å². The van der Waals surface area contributed by atoms with Gasteiger partial charge in [0.2, 0.25) is 0 Å². The van der Waals surface area contributed by atoms with Gasteiger partial charge in [0.05, 0.1) is 0 Å². The Morgan fingerprint density at radius 3 is 1.50 bits per heavy atom. The van der Waals surface area contributed by atoms with Gasteiger partial charge in [-0.1, -0.05) is 39.0 Å². The van der Waals surface area contributed by atoms with E-state index < -0.39 is 18.3 Å². The molecule has 0 saturated carbocycles. The third kappa shape index (κ3) is 30.0. The third-order valence-corrected chi connectivity index (χ3v) is 4.14. The fourth-order valence-corrected chi connectivity index (χ4v) is 2.37. The van der Waals surface area contributed by atoms with Gasteiger partial charge in [-0.3, -0.25) is 0 Å². The molecule has 28 heavy (non-hydrogen) atoms. The van der Waals surface area contributed by atoms with Crippen LogP contribution in [0.3, 0.4) is 0 Å². The summed E-state index contributed by atoms with van der Waals surface area (Å²) in [5, 5.41) is 30.2. The van der Waals surface area contributed by atoms with Gasteiger partial charge in [-0.15, -0.1) is 38.0 Å². The van der Waals surface area contributed by atoms with Crippen LogP contribution in [0, 0.1) is 0 Å². The topological polar surface area (TPSA) is 69.2 Å². The summed E-state index contributed by atoms with van der Waals surface area (Å²) in [6.07, 6.45) is 14.9. The second-order valence-corrected chi connectivity index (χ2v) is 7.66. The molecule has 1 aliphatic rings. The van der Waals surface area contributed by atoms with Gasteiger partial charge < -0.3 is 15.3 Å². The molecule has 4 heteroatoms. The Bertz CT molecular complexity index is 402. The Morgan fingerprint density at radius 1 is 0.929 bits per heavy atom. The summed E-state index contributed by atoms with van der Waals surface area (Å²) >= 11 is 2.24. The normalized spacial score (nSPS) is 14.9. The van der Waals surface area contributed by atoms with Crippen molar-refractivity contribution in [2.24, 2.45) is 0 Å². The van der Waals surface area contributed by atoms with Crippen LogP contribution >= 0.6 is 0 Å². The summed E-state index contributed by atoms with van der Waals surface area (Å²) < 4.78 is 1.58. The van der Waals surface area contributed by atoms with Gasteiger partial charge in [-0.2, -0.15) is 0 Å². The average molecular weight is 424 g/mol. The molecule has 0 heterocycles. The van der Waals surface area contributed by atoms with Crippen LogP contribution in [-0.4, -0.2) is 18.3 Å². The van der Waals surface area contributed by atoms with Crippen LogP contribution in [-0.2, 0) is 20.4 Å². The molecule has 0 saturated heterocycles. The predicted molar refractivity (Wildman–Crippen MR) is 113 cm³/mol. The van der Waals surface area contributed by atoms with Crippen LogP contribution in [0.4, 0.5) is 0 Å². The van der Waals surface area contributed by atoms with Gasteiger partial charge >= 0.3 is 74.6 Å². The van der Waals surface area contributed by atoms with E-state index in [1.165, 1.54) is 25.7 Å². The van der Waals surface area contributed by atoms with E-state index >= 15 is 0 Å². The molecule has 0 spiro atoms.